The van der Waals surface area contributed by atoms with E-state index < -0.39 is 6.09 Å². The summed E-state index contributed by atoms with van der Waals surface area (Å²) in [5.41, 5.74) is 8.40. The molecule has 2 aromatic carbocycles. The highest BCUT2D eigenvalue weighted by Gasteiger charge is 2.31. The van der Waals surface area contributed by atoms with E-state index in [0.29, 0.717) is 5.69 Å². The van der Waals surface area contributed by atoms with Crippen LogP contribution in [0, 0.1) is 0 Å². The Morgan fingerprint density at radius 2 is 1.90 bits per heavy atom. The van der Waals surface area contributed by atoms with Gasteiger partial charge in [0.15, 0.2) is 0 Å². The quantitative estimate of drug-likeness (QED) is 0.738. The van der Waals surface area contributed by atoms with Gasteiger partial charge in [-0.15, -0.1) is 0 Å². The minimum Gasteiger partial charge on any atom is -0.449 e. The largest absolute Gasteiger partial charge is 0.449 e. The normalized spacial score (nSPS) is 17.5. The second-order valence-electron chi connectivity index (χ2n) is 7.58. The number of hydrogen-bond acceptors (Lipinski definition) is 6. The molecular weight excluding hydrogens is 380 g/mol. The van der Waals surface area contributed by atoms with E-state index in [1.807, 2.05) is 30.3 Å². The van der Waals surface area contributed by atoms with Gasteiger partial charge < -0.3 is 15.4 Å². The number of carbonyl (C=O) groups is 2. The van der Waals surface area contributed by atoms with Crippen molar-refractivity contribution >= 4 is 17.7 Å². The summed E-state index contributed by atoms with van der Waals surface area (Å²) < 4.78 is 5.15. The molecule has 7 nitrogen and oxygen atoms in total. The number of piperazine rings is 1. The van der Waals surface area contributed by atoms with Crippen LogP contribution in [0.3, 0.4) is 0 Å². The summed E-state index contributed by atoms with van der Waals surface area (Å²) >= 11 is 0. The first-order valence-corrected chi connectivity index (χ1v) is 10.3. The minimum atomic E-state index is -0.629. The van der Waals surface area contributed by atoms with Crippen LogP contribution in [0.2, 0.25) is 0 Å². The molecule has 30 heavy (non-hydrogen) atoms. The molecule has 1 aliphatic rings. The molecule has 7 heteroatoms. The number of anilines is 1. The number of imide groups is 1. The van der Waals surface area contributed by atoms with Gasteiger partial charge in [-0.2, -0.15) is 0 Å². The number of carbonyl (C=O) groups excluding carboxylic acids is 2. The second-order valence-corrected chi connectivity index (χ2v) is 7.58. The molecule has 0 aromatic heterocycles. The van der Waals surface area contributed by atoms with Crippen molar-refractivity contribution in [1.29, 1.82) is 0 Å². The number of hydrogen-bond donors (Lipinski definition) is 1. The number of nitrogens with two attached hydrogens (primary N) is 1. The van der Waals surface area contributed by atoms with Crippen LogP contribution in [0.25, 0.3) is 0 Å². The topological polar surface area (TPSA) is 79.1 Å². The Labute approximate surface area is 178 Å². The molecular formula is C23H30N4O3. The van der Waals surface area contributed by atoms with Crippen LogP contribution < -0.4 is 5.73 Å². The number of amides is 2. The predicted octanol–water partition coefficient (Wildman–Crippen LogP) is 2.74. The Balaban J connectivity index is 1.78. The Morgan fingerprint density at radius 1 is 1.13 bits per heavy atom. The minimum absolute atomic E-state index is 0.0883. The van der Waals surface area contributed by atoms with Gasteiger partial charge in [-0.1, -0.05) is 42.5 Å². The molecule has 1 atom stereocenters. The zero-order valence-electron chi connectivity index (χ0n) is 17.7. The lowest BCUT2D eigenvalue weighted by Crippen LogP contribution is -2.51. The first kappa shape index (κ1) is 21.8. The molecule has 0 bridgehead atoms. The summed E-state index contributed by atoms with van der Waals surface area (Å²) in [5.74, 6) is -0.277. The van der Waals surface area contributed by atoms with Crippen molar-refractivity contribution in [3.8, 4) is 0 Å². The Bertz CT molecular complexity index is 859. The van der Waals surface area contributed by atoms with Gasteiger partial charge in [0, 0.05) is 31.4 Å². The van der Waals surface area contributed by atoms with Gasteiger partial charge in [-0.25, -0.2) is 9.69 Å². The van der Waals surface area contributed by atoms with Gasteiger partial charge in [-0.05, 0) is 37.2 Å². The van der Waals surface area contributed by atoms with Crippen molar-refractivity contribution in [2.45, 2.75) is 19.5 Å². The van der Waals surface area contributed by atoms with E-state index in [-0.39, 0.29) is 31.6 Å². The van der Waals surface area contributed by atoms with Crippen LogP contribution in [-0.4, -0.2) is 66.5 Å². The fraction of sp³-hybridized carbons (Fsp3) is 0.391. The number of nitrogen functional groups attached to an aromatic ring is 1. The first-order valence-electron chi connectivity index (χ1n) is 10.3. The van der Waals surface area contributed by atoms with Crippen LogP contribution in [-0.2, 0) is 16.1 Å². The monoisotopic (exact) mass is 410 g/mol. The number of rotatable bonds is 6. The fourth-order valence-corrected chi connectivity index (χ4v) is 3.73. The van der Waals surface area contributed by atoms with Gasteiger partial charge >= 0.3 is 6.09 Å². The van der Waals surface area contributed by atoms with E-state index in [9.17, 15) is 9.59 Å². The zero-order chi connectivity index (χ0) is 21.5. The lowest BCUT2D eigenvalue weighted by Gasteiger charge is -2.40. The summed E-state index contributed by atoms with van der Waals surface area (Å²) in [6.07, 6.45) is -0.629. The number of benzene rings is 2. The highest BCUT2D eigenvalue weighted by Crippen LogP contribution is 2.25. The fourth-order valence-electron chi connectivity index (χ4n) is 3.73. The number of likely N-dealkylation sites (N-methyl/N-ethyl adjacent to an activating group) is 1. The van der Waals surface area contributed by atoms with Crippen LogP contribution in [0.1, 0.15) is 24.1 Å². The molecule has 1 heterocycles. The zero-order valence-corrected chi connectivity index (χ0v) is 17.7. The maximum absolute atomic E-state index is 13.2. The first-order chi connectivity index (χ1) is 14.5. The van der Waals surface area contributed by atoms with Crippen molar-refractivity contribution in [3.63, 3.8) is 0 Å². The molecule has 160 valence electrons. The molecule has 1 saturated heterocycles. The van der Waals surface area contributed by atoms with Crippen LogP contribution in [0.15, 0.2) is 54.6 Å². The Hall–Kier alpha value is -2.90. The Morgan fingerprint density at radius 3 is 2.60 bits per heavy atom. The second kappa shape index (κ2) is 10.2. The van der Waals surface area contributed by atoms with Gasteiger partial charge in [-0.3, -0.25) is 9.69 Å². The predicted molar refractivity (Wildman–Crippen MR) is 117 cm³/mol. The SMILES string of the molecule is CCOC(=O)N(Cc1cccc(N)c1)C(=O)CN1CCN(C)CC1c1ccccc1. The molecule has 2 aromatic rings. The maximum Gasteiger partial charge on any atom is 0.416 e. The van der Waals surface area contributed by atoms with Crippen molar-refractivity contribution in [1.82, 2.24) is 14.7 Å². The molecule has 1 unspecified atom stereocenters. The van der Waals surface area contributed by atoms with E-state index in [1.54, 1.807) is 19.1 Å². The van der Waals surface area contributed by atoms with Crippen molar-refractivity contribution in [2.24, 2.45) is 0 Å². The van der Waals surface area contributed by atoms with Gasteiger partial charge in [0.25, 0.3) is 0 Å². The van der Waals surface area contributed by atoms with Crippen LogP contribution in [0.4, 0.5) is 10.5 Å². The molecule has 3 rings (SSSR count). The lowest BCUT2D eigenvalue weighted by molar-refractivity contribution is -0.132. The average Bonchev–Trinajstić information content (AvgIpc) is 2.74. The van der Waals surface area contributed by atoms with Crippen molar-refractivity contribution in [2.75, 3.05) is 45.6 Å². The molecule has 0 aliphatic carbocycles. The van der Waals surface area contributed by atoms with E-state index in [0.717, 1.165) is 30.8 Å². The Kier molecular flexibility index (Phi) is 7.43. The third-order valence-electron chi connectivity index (χ3n) is 5.30. The van der Waals surface area contributed by atoms with E-state index in [2.05, 4.69) is 29.0 Å². The van der Waals surface area contributed by atoms with Crippen LogP contribution >= 0.6 is 0 Å². The highest BCUT2D eigenvalue weighted by atomic mass is 16.6. The molecule has 0 spiro atoms. The van der Waals surface area contributed by atoms with Gasteiger partial charge in [0.2, 0.25) is 5.91 Å². The van der Waals surface area contributed by atoms with E-state index >= 15 is 0 Å². The number of ether oxygens (including phenoxy) is 1. The molecule has 1 fully saturated rings. The molecule has 2 amide bonds. The molecule has 1 aliphatic heterocycles. The maximum atomic E-state index is 13.2. The number of nitrogens with zero attached hydrogens (tertiary/aromatic N) is 3. The van der Waals surface area contributed by atoms with Crippen molar-refractivity contribution in [3.05, 3.63) is 65.7 Å². The van der Waals surface area contributed by atoms with Gasteiger partial charge in [0.1, 0.15) is 0 Å². The summed E-state index contributed by atoms with van der Waals surface area (Å²) in [5, 5.41) is 0. The van der Waals surface area contributed by atoms with E-state index in [1.165, 1.54) is 4.90 Å². The van der Waals surface area contributed by atoms with Crippen molar-refractivity contribution < 1.29 is 14.3 Å². The molecule has 0 saturated carbocycles. The third-order valence-corrected chi connectivity index (χ3v) is 5.30. The summed E-state index contributed by atoms with van der Waals surface area (Å²) in [4.78, 5) is 31.3. The summed E-state index contributed by atoms with van der Waals surface area (Å²) in [6.45, 7) is 4.66. The van der Waals surface area contributed by atoms with E-state index in [4.69, 9.17) is 10.5 Å². The summed E-state index contributed by atoms with van der Waals surface area (Å²) in [7, 11) is 2.08. The van der Waals surface area contributed by atoms with Gasteiger partial charge in [0.05, 0.1) is 19.7 Å². The smallest absolute Gasteiger partial charge is 0.416 e. The standard InChI is InChI=1S/C23H30N4O3/c1-3-30-23(29)27(15-18-8-7-11-20(24)14-18)22(28)17-26-13-12-25(2)16-21(26)19-9-5-4-6-10-19/h4-11,14,21H,3,12-13,15-17,24H2,1-2H3. The van der Waals surface area contributed by atoms with Crippen LogP contribution in [0.5, 0.6) is 0 Å². The summed E-state index contributed by atoms with van der Waals surface area (Å²) in [6, 6.07) is 17.4. The average molecular weight is 411 g/mol. The third kappa shape index (κ3) is 5.58. The molecule has 0 radical (unpaired) electrons. The molecule has 2 N–H and O–H groups in total. The highest BCUT2D eigenvalue weighted by molar-refractivity contribution is 5.93. The lowest BCUT2D eigenvalue weighted by atomic mass is 10.0.